The van der Waals surface area contributed by atoms with Crippen molar-refractivity contribution in [3.05, 3.63) is 23.5 Å². The molecule has 1 rings (SSSR count). The first kappa shape index (κ1) is 12.5. The van der Waals surface area contributed by atoms with E-state index in [2.05, 4.69) is 17.2 Å². The molecule has 0 amide bonds. The van der Waals surface area contributed by atoms with E-state index in [0.717, 1.165) is 12.1 Å². The SMILES string of the molecule is CCC(C)(C)Nc1cc(C)ncc1C(=O)O. The minimum absolute atomic E-state index is 0.127. The van der Waals surface area contributed by atoms with Gasteiger partial charge in [0.25, 0.3) is 0 Å². The van der Waals surface area contributed by atoms with Crippen molar-refractivity contribution in [2.24, 2.45) is 0 Å². The number of nitrogens with one attached hydrogen (secondary N) is 1. The third kappa shape index (κ3) is 2.95. The standard InChI is InChI=1S/C12H18N2O2/c1-5-12(3,4)14-10-6-8(2)13-7-9(10)11(15)16/h6-7H,5H2,1-4H3,(H,13,14)(H,15,16). The highest BCUT2D eigenvalue weighted by Gasteiger charge is 2.18. The molecule has 0 saturated heterocycles. The van der Waals surface area contributed by atoms with Crippen molar-refractivity contribution in [1.82, 2.24) is 4.98 Å². The Labute approximate surface area is 95.7 Å². The summed E-state index contributed by atoms with van der Waals surface area (Å²) in [5.41, 5.74) is 1.52. The zero-order valence-corrected chi connectivity index (χ0v) is 10.2. The summed E-state index contributed by atoms with van der Waals surface area (Å²) in [7, 11) is 0. The molecule has 0 aromatic carbocycles. The summed E-state index contributed by atoms with van der Waals surface area (Å²) >= 11 is 0. The highest BCUT2D eigenvalue weighted by molar-refractivity contribution is 5.94. The Balaban J connectivity index is 3.10. The van der Waals surface area contributed by atoms with Gasteiger partial charge < -0.3 is 10.4 Å². The average molecular weight is 222 g/mol. The second kappa shape index (κ2) is 4.51. The van der Waals surface area contributed by atoms with E-state index in [1.165, 1.54) is 6.20 Å². The van der Waals surface area contributed by atoms with Gasteiger partial charge in [-0.05, 0) is 33.3 Å². The minimum atomic E-state index is -0.957. The third-order valence-corrected chi connectivity index (χ3v) is 2.63. The summed E-state index contributed by atoms with van der Waals surface area (Å²) in [6, 6.07) is 1.76. The number of hydrogen-bond donors (Lipinski definition) is 2. The quantitative estimate of drug-likeness (QED) is 0.822. The Morgan fingerprint density at radius 2 is 2.19 bits per heavy atom. The van der Waals surface area contributed by atoms with Crippen molar-refractivity contribution in [2.45, 2.75) is 39.7 Å². The lowest BCUT2D eigenvalue weighted by Crippen LogP contribution is -2.30. The summed E-state index contributed by atoms with van der Waals surface area (Å²) < 4.78 is 0. The van der Waals surface area contributed by atoms with Gasteiger partial charge in [-0.25, -0.2) is 4.79 Å². The smallest absolute Gasteiger partial charge is 0.339 e. The molecule has 4 heteroatoms. The maximum Gasteiger partial charge on any atom is 0.339 e. The summed E-state index contributed by atoms with van der Waals surface area (Å²) in [5, 5.41) is 12.3. The van der Waals surface area contributed by atoms with Crippen molar-refractivity contribution < 1.29 is 9.90 Å². The van der Waals surface area contributed by atoms with Crippen LogP contribution in [0.4, 0.5) is 5.69 Å². The minimum Gasteiger partial charge on any atom is -0.478 e. The topological polar surface area (TPSA) is 62.2 Å². The predicted octanol–water partition coefficient (Wildman–Crippen LogP) is 2.69. The third-order valence-electron chi connectivity index (χ3n) is 2.63. The Kier molecular flexibility index (Phi) is 3.52. The van der Waals surface area contributed by atoms with Gasteiger partial charge in [0.15, 0.2) is 0 Å². The number of aryl methyl sites for hydroxylation is 1. The predicted molar refractivity (Wildman–Crippen MR) is 63.9 cm³/mol. The van der Waals surface area contributed by atoms with Gasteiger partial charge >= 0.3 is 5.97 Å². The molecule has 0 unspecified atom stereocenters. The van der Waals surface area contributed by atoms with Gasteiger partial charge in [0.2, 0.25) is 0 Å². The number of carboxylic acids is 1. The molecule has 0 aliphatic heterocycles. The van der Waals surface area contributed by atoms with Crippen LogP contribution in [-0.2, 0) is 0 Å². The number of aromatic nitrogens is 1. The van der Waals surface area contributed by atoms with E-state index in [-0.39, 0.29) is 11.1 Å². The Morgan fingerprint density at radius 1 is 1.56 bits per heavy atom. The van der Waals surface area contributed by atoms with Gasteiger partial charge in [0.1, 0.15) is 5.56 Å². The molecule has 1 aromatic rings. The van der Waals surface area contributed by atoms with Crippen LogP contribution in [0, 0.1) is 6.92 Å². The number of rotatable bonds is 4. The second-order valence-electron chi connectivity index (χ2n) is 4.54. The average Bonchev–Trinajstić information content (AvgIpc) is 2.16. The van der Waals surface area contributed by atoms with E-state index in [0.29, 0.717) is 5.69 Å². The molecule has 0 radical (unpaired) electrons. The van der Waals surface area contributed by atoms with E-state index in [1.807, 2.05) is 20.8 Å². The highest BCUT2D eigenvalue weighted by atomic mass is 16.4. The molecular weight excluding hydrogens is 204 g/mol. The molecule has 0 aliphatic carbocycles. The van der Waals surface area contributed by atoms with E-state index in [4.69, 9.17) is 5.11 Å². The van der Waals surface area contributed by atoms with Gasteiger partial charge in [-0.1, -0.05) is 6.92 Å². The van der Waals surface area contributed by atoms with Gasteiger partial charge in [0.05, 0.1) is 5.69 Å². The maximum atomic E-state index is 11.0. The fourth-order valence-corrected chi connectivity index (χ4v) is 1.29. The molecule has 0 saturated carbocycles. The fourth-order valence-electron chi connectivity index (χ4n) is 1.29. The number of aromatic carboxylic acids is 1. The molecule has 1 heterocycles. The molecule has 0 fully saturated rings. The van der Waals surface area contributed by atoms with Crippen LogP contribution in [0.1, 0.15) is 43.2 Å². The van der Waals surface area contributed by atoms with E-state index in [1.54, 1.807) is 6.07 Å². The molecule has 0 aliphatic rings. The van der Waals surface area contributed by atoms with Crippen molar-refractivity contribution >= 4 is 11.7 Å². The molecule has 0 bridgehead atoms. The van der Waals surface area contributed by atoms with E-state index in [9.17, 15) is 4.79 Å². The van der Waals surface area contributed by atoms with Crippen molar-refractivity contribution in [1.29, 1.82) is 0 Å². The van der Waals surface area contributed by atoms with Crippen LogP contribution in [0.15, 0.2) is 12.3 Å². The van der Waals surface area contributed by atoms with Crippen LogP contribution in [0.2, 0.25) is 0 Å². The second-order valence-corrected chi connectivity index (χ2v) is 4.54. The van der Waals surface area contributed by atoms with Crippen LogP contribution in [0.25, 0.3) is 0 Å². The van der Waals surface area contributed by atoms with Crippen LogP contribution in [0.5, 0.6) is 0 Å². The Hall–Kier alpha value is -1.58. The molecule has 0 spiro atoms. The molecule has 88 valence electrons. The summed E-state index contributed by atoms with van der Waals surface area (Å²) in [6.07, 6.45) is 2.30. The summed E-state index contributed by atoms with van der Waals surface area (Å²) in [6.45, 7) is 7.97. The maximum absolute atomic E-state index is 11.0. The Morgan fingerprint density at radius 3 is 2.69 bits per heavy atom. The van der Waals surface area contributed by atoms with E-state index < -0.39 is 5.97 Å². The first-order chi connectivity index (χ1) is 7.35. The van der Waals surface area contributed by atoms with Gasteiger partial charge in [-0.3, -0.25) is 4.98 Å². The normalized spacial score (nSPS) is 11.2. The monoisotopic (exact) mass is 222 g/mol. The van der Waals surface area contributed by atoms with Crippen LogP contribution < -0.4 is 5.32 Å². The number of pyridine rings is 1. The molecule has 2 N–H and O–H groups in total. The summed E-state index contributed by atoms with van der Waals surface area (Å²) in [5.74, 6) is -0.957. The highest BCUT2D eigenvalue weighted by Crippen LogP contribution is 2.22. The van der Waals surface area contributed by atoms with Crippen LogP contribution >= 0.6 is 0 Å². The number of carboxylic acid groups (broad SMARTS) is 1. The summed E-state index contributed by atoms with van der Waals surface area (Å²) in [4.78, 5) is 15.0. The number of hydrogen-bond acceptors (Lipinski definition) is 3. The van der Waals surface area contributed by atoms with E-state index >= 15 is 0 Å². The molecule has 16 heavy (non-hydrogen) atoms. The lowest BCUT2D eigenvalue weighted by Gasteiger charge is -2.26. The fraction of sp³-hybridized carbons (Fsp3) is 0.500. The first-order valence-electron chi connectivity index (χ1n) is 5.34. The molecule has 1 aromatic heterocycles. The van der Waals surface area contributed by atoms with Gasteiger partial charge in [-0.15, -0.1) is 0 Å². The number of nitrogens with zero attached hydrogens (tertiary/aromatic N) is 1. The zero-order chi connectivity index (χ0) is 12.3. The van der Waals surface area contributed by atoms with Crippen molar-refractivity contribution in [3.63, 3.8) is 0 Å². The lowest BCUT2D eigenvalue weighted by atomic mass is 10.0. The lowest BCUT2D eigenvalue weighted by molar-refractivity contribution is 0.0697. The van der Waals surface area contributed by atoms with Gasteiger partial charge in [0, 0.05) is 17.4 Å². The van der Waals surface area contributed by atoms with Crippen molar-refractivity contribution in [3.8, 4) is 0 Å². The van der Waals surface area contributed by atoms with Crippen molar-refractivity contribution in [2.75, 3.05) is 5.32 Å². The number of carbonyl (C=O) groups is 1. The molecule has 0 atom stereocenters. The number of anilines is 1. The van der Waals surface area contributed by atoms with Crippen LogP contribution in [0.3, 0.4) is 0 Å². The largest absolute Gasteiger partial charge is 0.478 e. The zero-order valence-electron chi connectivity index (χ0n) is 10.2. The van der Waals surface area contributed by atoms with Gasteiger partial charge in [-0.2, -0.15) is 0 Å². The molecular formula is C12H18N2O2. The van der Waals surface area contributed by atoms with Crippen LogP contribution in [-0.4, -0.2) is 21.6 Å². The molecule has 4 nitrogen and oxygen atoms in total. The first-order valence-corrected chi connectivity index (χ1v) is 5.34. The Bertz CT molecular complexity index is 400.